The number of hydrogen-bond acceptors (Lipinski definition) is 6. The first-order valence-electron chi connectivity index (χ1n) is 16.1. The highest BCUT2D eigenvalue weighted by Crippen LogP contribution is 2.57. The lowest BCUT2D eigenvalue weighted by Crippen LogP contribution is -2.29. The van der Waals surface area contributed by atoms with Gasteiger partial charge in [-0.25, -0.2) is 8.78 Å². The van der Waals surface area contributed by atoms with Crippen LogP contribution in [0.1, 0.15) is 44.5 Å². The van der Waals surface area contributed by atoms with Crippen LogP contribution in [0.25, 0.3) is 11.1 Å². The molecule has 0 radical (unpaired) electrons. The van der Waals surface area contributed by atoms with E-state index in [1.165, 1.54) is 0 Å². The summed E-state index contributed by atoms with van der Waals surface area (Å²) in [6.07, 6.45) is 0. The summed E-state index contributed by atoms with van der Waals surface area (Å²) in [5.41, 5.74) is 7.06. The molecule has 0 fully saturated rings. The Morgan fingerprint density at radius 1 is 0.471 bits per heavy atom. The van der Waals surface area contributed by atoms with Crippen LogP contribution in [0.3, 0.4) is 0 Å². The molecule has 7 rings (SSSR count). The smallest absolute Gasteiger partial charge is 0.339 e. The van der Waals surface area contributed by atoms with Crippen molar-refractivity contribution in [2.45, 2.75) is 42.9 Å². The van der Waals surface area contributed by atoms with E-state index in [0.29, 0.717) is 22.3 Å². The fourth-order valence-corrected chi connectivity index (χ4v) is 9.23. The third-order valence-corrected chi connectivity index (χ3v) is 11.8. The van der Waals surface area contributed by atoms with Crippen molar-refractivity contribution in [2.24, 2.45) is 0 Å². The van der Waals surface area contributed by atoms with E-state index in [4.69, 9.17) is 8.37 Å². The van der Waals surface area contributed by atoms with E-state index in [-0.39, 0.29) is 21.3 Å². The summed E-state index contributed by atoms with van der Waals surface area (Å²) in [5, 5.41) is 0. The van der Waals surface area contributed by atoms with Crippen molar-refractivity contribution < 1.29 is 34.0 Å². The van der Waals surface area contributed by atoms with Crippen LogP contribution < -0.4 is 8.37 Å². The number of benzene rings is 6. The van der Waals surface area contributed by atoms with Crippen molar-refractivity contribution in [3.63, 3.8) is 0 Å². The molecular weight excluding hydrogens is 691 g/mol. The molecule has 0 amide bonds. The molecule has 0 unspecified atom stereocenters. The third-order valence-electron chi connectivity index (χ3n) is 9.33. The molecule has 0 bridgehead atoms. The molecule has 1 aliphatic carbocycles. The Hall–Kier alpha value is -5.32. The fourth-order valence-electron chi connectivity index (χ4n) is 7.14. The van der Waals surface area contributed by atoms with Crippen LogP contribution in [0.5, 0.6) is 11.5 Å². The lowest BCUT2D eigenvalue weighted by Gasteiger charge is -2.35. The number of hydrogen-bond donors (Lipinski definition) is 0. The van der Waals surface area contributed by atoms with E-state index in [2.05, 4.69) is 24.3 Å². The molecule has 0 aliphatic heterocycles. The van der Waals surface area contributed by atoms with Gasteiger partial charge < -0.3 is 8.37 Å². The quantitative estimate of drug-likeness (QED) is 0.146. The summed E-state index contributed by atoms with van der Waals surface area (Å²) < 4.78 is 91.5. The molecule has 258 valence electrons. The molecule has 6 aromatic rings. The summed E-state index contributed by atoms with van der Waals surface area (Å²) in [7, 11) is -8.55. The Morgan fingerprint density at radius 3 is 1.12 bits per heavy atom. The maximum Gasteiger partial charge on any atom is 0.339 e. The SMILES string of the molecule is Cc1cc(C2(c3cc(C)c(OS(=O)(=O)c4ccc(F)cc4)c(C)c3)c3ccccc3-c3ccccc32)cc(C)c1OS(=O)(=O)c1ccc(F)cc1. The van der Waals surface area contributed by atoms with Crippen LogP contribution in [0, 0.1) is 39.3 Å². The van der Waals surface area contributed by atoms with E-state index in [9.17, 15) is 25.6 Å². The zero-order valence-corrected chi connectivity index (χ0v) is 29.7. The highest BCUT2D eigenvalue weighted by molar-refractivity contribution is 7.87. The second-order valence-electron chi connectivity index (χ2n) is 12.7. The Morgan fingerprint density at radius 2 is 0.784 bits per heavy atom. The van der Waals surface area contributed by atoms with Crippen LogP contribution in [0.2, 0.25) is 0 Å². The molecule has 0 heterocycles. The van der Waals surface area contributed by atoms with Gasteiger partial charge in [0, 0.05) is 0 Å². The summed E-state index contributed by atoms with van der Waals surface area (Å²) in [6, 6.07) is 32.7. The van der Waals surface area contributed by atoms with E-state index in [1.54, 1.807) is 27.7 Å². The first-order valence-corrected chi connectivity index (χ1v) is 18.9. The van der Waals surface area contributed by atoms with E-state index >= 15 is 0 Å². The van der Waals surface area contributed by atoms with Crippen molar-refractivity contribution in [2.75, 3.05) is 0 Å². The second kappa shape index (κ2) is 12.5. The predicted molar refractivity (Wildman–Crippen MR) is 191 cm³/mol. The molecule has 0 saturated heterocycles. The molecular formula is C41H32F2O6S2. The number of fused-ring (bicyclic) bond motifs is 3. The maximum atomic E-state index is 13.6. The van der Waals surface area contributed by atoms with Crippen LogP contribution in [0.15, 0.2) is 131 Å². The molecule has 1 aliphatic rings. The Kier molecular flexibility index (Phi) is 8.35. The lowest BCUT2D eigenvalue weighted by atomic mass is 9.66. The van der Waals surface area contributed by atoms with Gasteiger partial charge in [-0.1, -0.05) is 72.8 Å². The van der Waals surface area contributed by atoms with Gasteiger partial charge in [-0.2, -0.15) is 16.8 Å². The van der Waals surface area contributed by atoms with Gasteiger partial charge in [0.25, 0.3) is 0 Å². The van der Waals surface area contributed by atoms with Crippen LogP contribution in [-0.4, -0.2) is 16.8 Å². The largest absolute Gasteiger partial charge is 0.378 e. The highest BCUT2D eigenvalue weighted by atomic mass is 32.2. The van der Waals surface area contributed by atoms with Crippen LogP contribution >= 0.6 is 0 Å². The minimum absolute atomic E-state index is 0.167. The molecule has 0 saturated carbocycles. The first-order chi connectivity index (χ1) is 24.2. The molecule has 0 atom stereocenters. The average Bonchev–Trinajstić information content (AvgIpc) is 3.39. The van der Waals surface area contributed by atoms with Gasteiger partial charge in [-0.05, 0) is 132 Å². The summed E-state index contributed by atoms with van der Waals surface area (Å²) >= 11 is 0. The Labute approximate surface area is 296 Å². The standard InChI is InChI=1S/C41H32F2O6S2/c1-25-21-29(22-26(2)39(25)48-50(44,45)33-17-13-31(42)14-18-33)41(37-11-7-5-9-35(37)36-10-6-8-12-38(36)41)30-23-27(3)40(28(4)24-30)49-51(46,47)34-19-15-32(43)16-20-34/h5-24H,1-4H3. The van der Waals surface area contributed by atoms with Crippen molar-refractivity contribution in [3.8, 4) is 22.6 Å². The Balaban J connectivity index is 1.41. The monoisotopic (exact) mass is 722 g/mol. The van der Waals surface area contributed by atoms with Gasteiger partial charge in [0.2, 0.25) is 0 Å². The molecule has 6 nitrogen and oxygen atoms in total. The zero-order valence-electron chi connectivity index (χ0n) is 28.1. The van der Waals surface area contributed by atoms with Crippen molar-refractivity contribution >= 4 is 20.2 Å². The van der Waals surface area contributed by atoms with Crippen molar-refractivity contribution in [1.82, 2.24) is 0 Å². The second-order valence-corrected chi connectivity index (χ2v) is 15.8. The van der Waals surface area contributed by atoms with Crippen LogP contribution in [0.4, 0.5) is 8.78 Å². The average molecular weight is 723 g/mol. The van der Waals surface area contributed by atoms with Crippen molar-refractivity contribution in [1.29, 1.82) is 0 Å². The number of rotatable bonds is 8. The normalized spacial score (nSPS) is 13.4. The molecule has 6 aromatic carbocycles. The zero-order chi connectivity index (χ0) is 36.3. The topological polar surface area (TPSA) is 86.7 Å². The van der Waals surface area contributed by atoms with Gasteiger partial charge in [0.15, 0.2) is 0 Å². The molecule has 0 spiro atoms. The number of halogens is 2. The van der Waals surface area contributed by atoms with Gasteiger partial charge in [-0.15, -0.1) is 0 Å². The molecule has 0 N–H and O–H groups in total. The summed E-state index contributed by atoms with van der Waals surface area (Å²) in [5.74, 6) is -0.792. The van der Waals surface area contributed by atoms with E-state index in [0.717, 1.165) is 81.9 Å². The molecule has 51 heavy (non-hydrogen) atoms. The van der Waals surface area contributed by atoms with E-state index < -0.39 is 37.3 Å². The number of aryl methyl sites for hydroxylation is 4. The summed E-state index contributed by atoms with van der Waals surface area (Å²) in [6.45, 7) is 7.11. The third kappa shape index (κ3) is 5.78. The van der Waals surface area contributed by atoms with Gasteiger partial charge >= 0.3 is 20.2 Å². The minimum Gasteiger partial charge on any atom is -0.378 e. The van der Waals surface area contributed by atoms with Crippen LogP contribution in [-0.2, 0) is 25.7 Å². The van der Waals surface area contributed by atoms with Gasteiger partial charge in [-0.3, -0.25) is 0 Å². The predicted octanol–water partition coefficient (Wildman–Crippen LogP) is 9.10. The maximum absolute atomic E-state index is 13.6. The van der Waals surface area contributed by atoms with Gasteiger partial charge in [0.1, 0.15) is 32.9 Å². The first kappa shape index (κ1) is 34.1. The summed E-state index contributed by atoms with van der Waals surface area (Å²) in [4.78, 5) is -0.340. The Bertz CT molecular complexity index is 2340. The van der Waals surface area contributed by atoms with Gasteiger partial charge in [0.05, 0.1) is 5.41 Å². The minimum atomic E-state index is -4.27. The fraction of sp³-hybridized carbons (Fsp3) is 0.122. The van der Waals surface area contributed by atoms with Crippen molar-refractivity contribution in [3.05, 3.63) is 177 Å². The molecule has 0 aromatic heterocycles. The molecule has 10 heteroatoms. The highest BCUT2D eigenvalue weighted by Gasteiger charge is 2.47. The van der Waals surface area contributed by atoms with E-state index in [1.807, 2.05) is 48.5 Å². The lowest BCUT2D eigenvalue weighted by molar-refractivity contribution is 0.480.